The summed E-state index contributed by atoms with van der Waals surface area (Å²) in [5.74, 6) is -1.42. The van der Waals surface area contributed by atoms with E-state index in [1.165, 1.54) is 6.07 Å². The van der Waals surface area contributed by atoms with Crippen molar-refractivity contribution in [1.29, 1.82) is 0 Å². The molecule has 0 radical (unpaired) electrons. The molecule has 3 nitrogen and oxygen atoms in total. The standard InChI is InChI=1S/C13H19F2NO2/c1-8(5-9(2)17)16-7-13(18)11-4-3-10(14)6-12(11)15/h3-4,6,8-9,13,16-18H,5,7H2,1-2H3. The summed E-state index contributed by atoms with van der Waals surface area (Å²) >= 11 is 0. The number of aliphatic hydroxyl groups excluding tert-OH is 2. The van der Waals surface area contributed by atoms with Gasteiger partial charge in [-0.2, -0.15) is 0 Å². The molecule has 1 aromatic carbocycles. The van der Waals surface area contributed by atoms with Crippen molar-refractivity contribution < 1.29 is 19.0 Å². The largest absolute Gasteiger partial charge is 0.393 e. The maximum Gasteiger partial charge on any atom is 0.131 e. The molecule has 0 bridgehead atoms. The van der Waals surface area contributed by atoms with Gasteiger partial charge in [0.25, 0.3) is 0 Å². The summed E-state index contributed by atoms with van der Waals surface area (Å²) in [5.41, 5.74) is 0.0631. The first kappa shape index (κ1) is 15.0. The Labute approximate surface area is 105 Å². The normalized spacial score (nSPS) is 16.3. The minimum absolute atomic E-state index is 0.00293. The van der Waals surface area contributed by atoms with Crippen LogP contribution in [0.1, 0.15) is 31.9 Å². The van der Waals surface area contributed by atoms with E-state index in [2.05, 4.69) is 5.32 Å². The van der Waals surface area contributed by atoms with Crippen LogP contribution in [0.3, 0.4) is 0 Å². The zero-order valence-corrected chi connectivity index (χ0v) is 10.5. The molecule has 1 aromatic rings. The second kappa shape index (κ2) is 6.78. The predicted molar refractivity (Wildman–Crippen MR) is 65.1 cm³/mol. The molecule has 0 aromatic heterocycles. The van der Waals surface area contributed by atoms with Crippen molar-refractivity contribution >= 4 is 0 Å². The van der Waals surface area contributed by atoms with Crippen molar-refractivity contribution in [1.82, 2.24) is 5.32 Å². The van der Waals surface area contributed by atoms with E-state index in [4.69, 9.17) is 0 Å². The molecule has 0 aliphatic heterocycles. The van der Waals surface area contributed by atoms with Crippen molar-refractivity contribution in [3.8, 4) is 0 Å². The van der Waals surface area contributed by atoms with E-state index < -0.39 is 23.8 Å². The number of hydrogen-bond donors (Lipinski definition) is 3. The Morgan fingerprint density at radius 1 is 1.22 bits per heavy atom. The molecule has 102 valence electrons. The molecule has 0 amide bonds. The van der Waals surface area contributed by atoms with E-state index in [-0.39, 0.29) is 18.2 Å². The van der Waals surface area contributed by atoms with Gasteiger partial charge in [-0.15, -0.1) is 0 Å². The molecule has 1 rings (SSSR count). The number of hydrogen-bond acceptors (Lipinski definition) is 3. The van der Waals surface area contributed by atoms with Gasteiger partial charge in [0.05, 0.1) is 12.2 Å². The van der Waals surface area contributed by atoms with E-state index in [9.17, 15) is 19.0 Å². The summed E-state index contributed by atoms with van der Waals surface area (Å²) in [6.45, 7) is 3.69. The number of rotatable bonds is 6. The molecule has 0 aliphatic carbocycles. The minimum atomic E-state index is -1.04. The van der Waals surface area contributed by atoms with Crippen LogP contribution in [0.4, 0.5) is 8.78 Å². The van der Waals surface area contributed by atoms with Crippen LogP contribution in [0, 0.1) is 11.6 Å². The fourth-order valence-corrected chi connectivity index (χ4v) is 1.79. The van der Waals surface area contributed by atoms with Gasteiger partial charge in [-0.1, -0.05) is 6.07 Å². The van der Waals surface area contributed by atoms with Gasteiger partial charge in [-0.3, -0.25) is 0 Å². The Bertz CT molecular complexity index is 385. The van der Waals surface area contributed by atoms with Crippen LogP contribution in [0.15, 0.2) is 18.2 Å². The second-order valence-electron chi connectivity index (χ2n) is 4.58. The Morgan fingerprint density at radius 2 is 1.89 bits per heavy atom. The highest BCUT2D eigenvalue weighted by Gasteiger charge is 2.14. The topological polar surface area (TPSA) is 52.5 Å². The van der Waals surface area contributed by atoms with Gasteiger partial charge in [0.2, 0.25) is 0 Å². The average Bonchev–Trinajstić information content (AvgIpc) is 2.25. The molecule has 3 unspecified atom stereocenters. The SMILES string of the molecule is CC(O)CC(C)NCC(O)c1ccc(F)cc1F. The van der Waals surface area contributed by atoms with Gasteiger partial charge in [-0.25, -0.2) is 8.78 Å². The highest BCUT2D eigenvalue weighted by molar-refractivity contribution is 5.21. The second-order valence-corrected chi connectivity index (χ2v) is 4.58. The smallest absolute Gasteiger partial charge is 0.131 e. The molecule has 0 spiro atoms. The summed E-state index contributed by atoms with van der Waals surface area (Å²) in [6.07, 6.45) is -0.937. The lowest BCUT2D eigenvalue weighted by Crippen LogP contribution is -2.32. The van der Waals surface area contributed by atoms with Crippen molar-refractivity contribution in [3.63, 3.8) is 0 Å². The molecule has 0 fully saturated rings. The summed E-state index contributed by atoms with van der Waals surface area (Å²) in [4.78, 5) is 0. The highest BCUT2D eigenvalue weighted by Crippen LogP contribution is 2.17. The van der Waals surface area contributed by atoms with Crippen molar-refractivity contribution in [2.24, 2.45) is 0 Å². The molecule has 18 heavy (non-hydrogen) atoms. The van der Waals surface area contributed by atoms with E-state index >= 15 is 0 Å². The van der Waals surface area contributed by atoms with Crippen LogP contribution < -0.4 is 5.32 Å². The van der Waals surface area contributed by atoms with Gasteiger partial charge < -0.3 is 15.5 Å². The van der Waals surface area contributed by atoms with E-state index in [0.717, 1.165) is 12.1 Å². The third-order valence-corrected chi connectivity index (χ3v) is 2.68. The van der Waals surface area contributed by atoms with E-state index in [0.29, 0.717) is 6.42 Å². The Hall–Kier alpha value is -1.04. The van der Waals surface area contributed by atoms with Crippen LogP contribution in [-0.4, -0.2) is 28.9 Å². The number of benzene rings is 1. The average molecular weight is 259 g/mol. The molecule has 3 atom stereocenters. The van der Waals surface area contributed by atoms with Crippen LogP contribution in [-0.2, 0) is 0 Å². The lowest BCUT2D eigenvalue weighted by Gasteiger charge is -2.18. The maximum atomic E-state index is 13.4. The summed E-state index contributed by atoms with van der Waals surface area (Å²) in [5, 5.41) is 21.9. The zero-order chi connectivity index (χ0) is 13.7. The molecule has 3 N–H and O–H groups in total. The maximum absolute atomic E-state index is 13.4. The molecule has 0 saturated heterocycles. The van der Waals surface area contributed by atoms with Gasteiger partial charge in [0.1, 0.15) is 11.6 Å². The van der Waals surface area contributed by atoms with Gasteiger partial charge in [-0.05, 0) is 26.3 Å². The van der Waals surface area contributed by atoms with Gasteiger partial charge in [0.15, 0.2) is 0 Å². The summed E-state index contributed by atoms with van der Waals surface area (Å²) in [6, 6.07) is 3.10. The van der Waals surface area contributed by atoms with E-state index in [1.807, 2.05) is 6.92 Å². The third-order valence-electron chi connectivity index (χ3n) is 2.68. The number of halogens is 2. The first-order valence-corrected chi connectivity index (χ1v) is 5.94. The summed E-state index contributed by atoms with van der Waals surface area (Å²) in [7, 11) is 0. The number of nitrogens with one attached hydrogen (secondary N) is 1. The molecular weight excluding hydrogens is 240 g/mol. The molecular formula is C13H19F2NO2. The molecule has 5 heteroatoms. The third kappa shape index (κ3) is 4.68. The van der Waals surface area contributed by atoms with Crippen molar-refractivity contribution in [3.05, 3.63) is 35.4 Å². The summed E-state index contributed by atoms with van der Waals surface area (Å²) < 4.78 is 26.1. The van der Waals surface area contributed by atoms with Gasteiger partial charge >= 0.3 is 0 Å². The fraction of sp³-hybridized carbons (Fsp3) is 0.538. The highest BCUT2D eigenvalue weighted by atomic mass is 19.1. The van der Waals surface area contributed by atoms with Crippen LogP contribution >= 0.6 is 0 Å². The van der Waals surface area contributed by atoms with Crippen molar-refractivity contribution in [2.45, 2.75) is 38.5 Å². The lowest BCUT2D eigenvalue weighted by atomic mass is 10.1. The Morgan fingerprint density at radius 3 is 2.44 bits per heavy atom. The zero-order valence-electron chi connectivity index (χ0n) is 10.5. The molecule has 0 saturated carbocycles. The quantitative estimate of drug-likeness (QED) is 0.729. The van der Waals surface area contributed by atoms with Crippen LogP contribution in [0.5, 0.6) is 0 Å². The van der Waals surface area contributed by atoms with Gasteiger partial charge in [0, 0.05) is 24.2 Å². The van der Waals surface area contributed by atoms with Crippen LogP contribution in [0.25, 0.3) is 0 Å². The monoisotopic (exact) mass is 259 g/mol. The van der Waals surface area contributed by atoms with Crippen LogP contribution in [0.2, 0.25) is 0 Å². The first-order chi connectivity index (χ1) is 8.40. The predicted octanol–water partition coefficient (Wildman–Crippen LogP) is 1.75. The van der Waals surface area contributed by atoms with E-state index in [1.54, 1.807) is 6.92 Å². The molecule has 0 aliphatic rings. The van der Waals surface area contributed by atoms with Crippen molar-refractivity contribution in [2.75, 3.05) is 6.54 Å². The Balaban J connectivity index is 2.52. The Kier molecular flexibility index (Phi) is 5.65. The lowest BCUT2D eigenvalue weighted by molar-refractivity contribution is 0.147. The first-order valence-electron chi connectivity index (χ1n) is 5.94. The minimum Gasteiger partial charge on any atom is -0.393 e. The fourth-order valence-electron chi connectivity index (χ4n) is 1.79. The number of aliphatic hydroxyl groups is 2. The molecule has 0 heterocycles.